The van der Waals surface area contributed by atoms with Crippen molar-refractivity contribution in [2.24, 2.45) is 0 Å². The van der Waals surface area contributed by atoms with Crippen LogP contribution in [0.1, 0.15) is 26.2 Å². The second kappa shape index (κ2) is 10.8. The number of aromatic nitrogens is 3. The molecule has 14 heteroatoms. The number of nitriles is 2. The molecular weight excluding hydrogens is 524 g/mol. The number of nitrogens with one attached hydrogen (secondary N) is 2. The molecule has 2 aromatic heterocycles. The largest absolute Gasteiger partial charge is 0.431 e. The van der Waals surface area contributed by atoms with Gasteiger partial charge in [-0.1, -0.05) is 0 Å². The smallest absolute Gasteiger partial charge is 0.411 e. The van der Waals surface area contributed by atoms with Gasteiger partial charge in [-0.3, -0.25) is 9.48 Å². The van der Waals surface area contributed by atoms with Crippen LogP contribution < -0.4 is 10.9 Å². The number of aromatic amines is 1. The topological polar surface area (TPSA) is 177 Å². The lowest BCUT2D eigenvalue weighted by molar-refractivity contribution is 0.0578. The van der Waals surface area contributed by atoms with Gasteiger partial charge in [-0.05, 0) is 50.1 Å². The Morgan fingerprint density at radius 1 is 1.23 bits per heavy atom. The molecule has 1 aliphatic heterocycles. The zero-order valence-electron chi connectivity index (χ0n) is 21.7. The Labute approximate surface area is 225 Å². The van der Waals surface area contributed by atoms with E-state index in [1.807, 2.05) is 6.07 Å². The summed E-state index contributed by atoms with van der Waals surface area (Å²) in [5.41, 5.74) is -0.160. The van der Waals surface area contributed by atoms with E-state index in [1.165, 1.54) is 44.2 Å². The molecule has 0 aliphatic carbocycles. The van der Waals surface area contributed by atoms with Crippen molar-refractivity contribution in [2.45, 2.75) is 42.7 Å². The molecule has 39 heavy (non-hydrogen) atoms. The second-order valence-electron chi connectivity index (χ2n) is 9.47. The Balaban J connectivity index is 1.68. The average Bonchev–Trinajstić information content (AvgIpc) is 3.29. The molecule has 204 valence electrons. The summed E-state index contributed by atoms with van der Waals surface area (Å²) in [7, 11) is -0.708. The van der Waals surface area contributed by atoms with Gasteiger partial charge in [0.1, 0.15) is 11.5 Å². The number of benzene rings is 1. The molecule has 1 atom stereocenters. The maximum Gasteiger partial charge on any atom is 0.411 e. The third-order valence-corrected chi connectivity index (χ3v) is 8.60. The van der Waals surface area contributed by atoms with Crippen molar-refractivity contribution in [1.82, 2.24) is 24.0 Å². The van der Waals surface area contributed by atoms with Gasteiger partial charge in [0.15, 0.2) is 11.9 Å². The molecule has 0 saturated carbocycles. The van der Waals surface area contributed by atoms with E-state index in [2.05, 4.69) is 16.4 Å². The highest BCUT2D eigenvalue weighted by atomic mass is 32.2. The first-order valence-corrected chi connectivity index (χ1v) is 13.6. The first-order valence-electron chi connectivity index (χ1n) is 12.1. The van der Waals surface area contributed by atoms with E-state index in [9.17, 15) is 23.3 Å². The number of rotatable bonds is 7. The maximum absolute atomic E-state index is 12.9. The second-order valence-corrected chi connectivity index (χ2v) is 11.6. The summed E-state index contributed by atoms with van der Waals surface area (Å²) >= 11 is 0. The number of fused-ring (bicyclic) bond motifs is 1. The molecule has 1 saturated heterocycles. The third-order valence-electron chi connectivity index (χ3n) is 6.77. The summed E-state index contributed by atoms with van der Waals surface area (Å²) < 4.78 is 32.7. The Morgan fingerprint density at radius 3 is 2.49 bits per heavy atom. The molecule has 2 N–H and O–H groups in total. The quantitative estimate of drug-likeness (QED) is 0.445. The number of likely N-dealkylation sites (tertiary alicyclic amines) is 1. The first kappa shape index (κ1) is 27.6. The van der Waals surface area contributed by atoms with Crippen molar-refractivity contribution in [3.05, 3.63) is 46.9 Å². The van der Waals surface area contributed by atoms with Crippen molar-refractivity contribution in [3.63, 3.8) is 0 Å². The summed E-state index contributed by atoms with van der Waals surface area (Å²) in [6, 6.07) is 11.9. The minimum absolute atomic E-state index is 0.0879. The van der Waals surface area contributed by atoms with Crippen LogP contribution in [0.3, 0.4) is 0 Å². The number of pyridine rings is 1. The number of hydrogen-bond acceptors (Lipinski definition) is 9. The number of amides is 1. The summed E-state index contributed by atoms with van der Waals surface area (Å²) in [6.45, 7) is 2.03. The van der Waals surface area contributed by atoms with Gasteiger partial charge in [0, 0.05) is 39.1 Å². The molecule has 3 aromatic rings. The molecule has 1 unspecified atom stereocenters. The lowest BCUT2D eigenvalue weighted by Gasteiger charge is -2.40. The summed E-state index contributed by atoms with van der Waals surface area (Å²) in [5.74, 6) is 0.247. The van der Waals surface area contributed by atoms with E-state index in [-0.39, 0.29) is 41.2 Å². The molecule has 0 bridgehead atoms. The maximum atomic E-state index is 12.9. The Bertz CT molecular complexity index is 1620. The highest BCUT2D eigenvalue weighted by molar-refractivity contribution is 7.89. The molecule has 1 aliphatic rings. The van der Waals surface area contributed by atoms with Gasteiger partial charge in [-0.2, -0.15) is 15.6 Å². The molecule has 13 nitrogen and oxygen atoms in total. The molecule has 1 fully saturated rings. The minimum Gasteiger partial charge on any atom is -0.431 e. The number of carbonyl (C=O) groups is 1. The van der Waals surface area contributed by atoms with Crippen LogP contribution in [-0.4, -0.2) is 71.8 Å². The van der Waals surface area contributed by atoms with E-state index in [4.69, 9.17) is 15.1 Å². The van der Waals surface area contributed by atoms with E-state index >= 15 is 0 Å². The Kier molecular flexibility index (Phi) is 7.63. The van der Waals surface area contributed by atoms with Gasteiger partial charge < -0.3 is 19.9 Å². The molecular formula is C25H28N8O5S. The number of H-pyrrole nitrogens is 1. The Hall–Kier alpha value is -4.40. The van der Waals surface area contributed by atoms with Crippen LogP contribution >= 0.6 is 0 Å². The van der Waals surface area contributed by atoms with Crippen LogP contribution in [0.4, 0.5) is 16.3 Å². The van der Waals surface area contributed by atoms with E-state index in [0.29, 0.717) is 24.0 Å². The van der Waals surface area contributed by atoms with Gasteiger partial charge in [0.25, 0.3) is 5.56 Å². The van der Waals surface area contributed by atoms with Gasteiger partial charge in [0.2, 0.25) is 10.0 Å². The van der Waals surface area contributed by atoms with Crippen molar-refractivity contribution < 1.29 is 17.9 Å². The average molecular weight is 553 g/mol. The van der Waals surface area contributed by atoms with Crippen LogP contribution in [0.5, 0.6) is 0 Å². The van der Waals surface area contributed by atoms with Crippen molar-refractivity contribution in [3.8, 4) is 12.1 Å². The van der Waals surface area contributed by atoms with Gasteiger partial charge in [-0.25, -0.2) is 17.5 Å². The number of anilines is 2. The fourth-order valence-electron chi connectivity index (χ4n) is 4.55. The molecule has 0 spiro atoms. The highest BCUT2D eigenvalue weighted by Crippen LogP contribution is 2.37. The monoisotopic (exact) mass is 552 g/mol. The van der Waals surface area contributed by atoms with Crippen LogP contribution in [-0.2, 0) is 20.3 Å². The van der Waals surface area contributed by atoms with E-state index in [0.717, 1.165) is 4.31 Å². The molecule has 4 rings (SSSR count). The molecule has 3 heterocycles. The molecule has 1 amide bonds. The zero-order valence-corrected chi connectivity index (χ0v) is 22.5. The van der Waals surface area contributed by atoms with Crippen LogP contribution in [0.25, 0.3) is 10.9 Å². The van der Waals surface area contributed by atoms with Gasteiger partial charge in [0.05, 0.1) is 28.4 Å². The number of piperidine rings is 1. The Morgan fingerprint density at radius 2 is 1.90 bits per heavy atom. The van der Waals surface area contributed by atoms with Crippen LogP contribution in [0, 0.1) is 22.7 Å². The normalized spacial score (nSPS) is 15.9. The van der Waals surface area contributed by atoms with Gasteiger partial charge >= 0.3 is 6.09 Å². The fraction of sp³-hybridized carbons (Fsp3) is 0.400. The minimum atomic E-state index is -3.60. The summed E-state index contributed by atoms with van der Waals surface area (Å²) in [5, 5.41) is 26.7. The summed E-state index contributed by atoms with van der Waals surface area (Å²) in [4.78, 5) is 29.6. The summed E-state index contributed by atoms with van der Waals surface area (Å²) in [6.07, 6.45) is 0.857. The molecule has 1 aromatic carbocycles. The SMILES string of the molecule is CC(C#N)OC(=O)N1CCC(CC#N)(n2nc(Nc3ccc(S(=O)(=O)N(C)C)cc3)c3c(=O)[nH]ccc32)CC1. The number of sulfonamides is 1. The molecule has 0 radical (unpaired) electrons. The van der Waals surface area contributed by atoms with Crippen molar-refractivity contribution in [1.29, 1.82) is 10.5 Å². The van der Waals surface area contributed by atoms with Crippen LogP contribution in [0.2, 0.25) is 0 Å². The first-order chi connectivity index (χ1) is 18.5. The standard InChI is InChI=1S/C25H28N8O5S/c1-17(16-27)38-24(35)32-14-10-25(9-12-26,11-15-32)33-20-8-13-28-23(34)21(20)22(30-33)29-18-4-6-19(7-5-18)39(36,37)31(2)3/h4-8,13,17H,9-11,14-15H2,1-3H3,(H,28,34)(H,29,30). The zero-order chi connectivity index (χ0) is 28.4. The van der Waals surface area contributed by atoms with Gasteiger partial charge in [-0.15, -0.1) is 0 Å². The number of ether oxygens (including phenoxy) is 1. The van der Waals surface area contributed by atoms with Crippen LogP contribution in [0.15, 0.2) is 46.2 Å². The van der Waals surface area contributed by atoms with E-state index < -0.39 is 27.8 Å². The predicted octanol–water partition coefficient (Wildman–Crippen LogP) is 2.47. The third kappa shape index (κ3) is 5.30. The van der Waals surface area contributed by atoms with Crippen molar-refractivity contribution >= 4 is 38.5 Å². The lowest BCUT2D eigenvalue weighted by Crippen LogP contribution is -2.48. The number of nitrogens with zero attached hydrogens (tertiary/aromatic N) is 6. The van der Waals surface area contributed by atoms with Crippen molar-refractivity contribution in [2.75, 3.05) is 32.5 Å². The number of carbonyl (C=O) groups excluding carboxylic acids is 1. The van der Waals surface area contributed by atoms with E-state index in [1.54, 1.807) is 22.9 Å². The predicted molar refractivity (Wildman–Crippen MR) is 142 cm³/mol. The highest BCUT2D eigenvalue weighted by Gasteiger charge is 2.40. The number of hydrogen-bond donors (Lipinski definition) is 2. The lowest BCUT2D eigenvalue weighted by atomic mass is 9.85. The fourth-order valence-corrected chi connectivity index (χ4v) is 5.45.